The van der Waals surface area contributed by atoms with Gasteiger partial charge in [0.05, 0.1) is 4.88 Å². The molecule has 0 saturated carbocycles. The van der Waals surface area contributed by atoms with Crippen LogP contribution in [0.3, 0.4) is 0 Å². The topological polar surface area (TPSA) is 40.6 Å². The quantitative estimate of drug-likeness (QED) is 0.848. The predicted molar refractivity (Wildman–Crippen MR) is 87.3 cm³/mol. The van der Waals surface area contributed by atoms with E-state index in [1.165, 1.54) is 29.5 Å². The number of carbonyl (C=O) groups excluding carboxylic acids is 2. The van der Waals surface area contributed by atoms with E-state index in [9.17, 15) is 14.0 Å². The number of halogens is 1. The average Bonchev–Trinajstić information content (AvgIpc) is 3.00. The van der Waals surface area contributed by atoms with Gasteiger partial charge >= 0.3 is 0 Å². The van der Waals surface area contributed by atoms with Crippen LogP contribution in [0.15, 0.2) is 35.7 Å². The highest BCUT2D eigenvalue weighted by Gasteiger charge is 2.26. The minimum absolute atomic E-state index is 0.0235. The number of nitrogens with zero attached hydrogens (tertiary/aromatic N) is 2. The molecule has 0 bridgehead atoms. The monoisotopic (exact) mass is 332 g/mol. The molecule has 1 aliphatic rings. The summed E-state index contributed by atoms with van der Waals surface area (Å²) in [5.74, 6) is -0.586. The highest BCUT2D eigenvalue weighted by Crippen LogP contribution is 2.19. The second-order valence-corrected chi connectivity index (χ2v) is 6.44. The standard InChI is InChI=1S/C17H17FN2O2S/c1-12-5-10-23-15(12)17(22)20-8-6-19(7-9-20)16(21)13-3-2-4-14(18)11-13/h2-5,10-11H,6-9H2,1H3. The zero-order chi connectivity index (χ0) is 16.4. The summed E-state index contributed by atoms with van der Waals surface area (Å²) in [5.41, 5.74) is 1.33. The van der Waals surface area contributed by atoms with Crippen molar-refractivity contribution in [1.29, 1.82) is 0 Å². The van der Waals surface area contributed by atoms with Crippen molar-refractivity contribution in [2.45, 2.75) is 6.92 Å². The molecule has 1 aliphatic heterocycles. The second kappa shape index (κ2) is 6.50. The van der Waals surface area contributed by atoms with Crippen LogP contribution in [0, 0.1) is 12.7 Å². The van der Waals surface area contributed by atoms with Gasteiger partial charge in [0.2, 0.25) is 0 Å². The van der Waals surface area contributed by atoms with E-state index in [0.29, 0.717) is 31.7 Å². The Morgan fingerprint density at radius 3 is 2.26 bits per heavy atom. The minimum atomic E-state index is -0.419. The summed E-state index contributed by atoms with van der Waals surface area (Å²) in [7, 11) is 0. The van der Waals surface area contributed by atoms with E-state index in [-0.39, 0.29) is 11.8 Å². The van der Waals surface area contributed by atoms with E-state index < -0.39 is 5.82 Å². The van der Waals surface area contributed by atoms with Crippen molar-refractivity contribution in [1.82, 2.24) is 9.80 Å². The van der Waals surface area contributed by atoms with E-state index in [2.05, 4.69) is 0 Å². The highest BCUT2D eigenvalue weighted by atomic mass is 32.1. The smallest absolute Gasteiger partial charge is 0.264 e. The highest BCUT2D eigenvalue weighted by molar-refractivity contribution is 7.12. The van der Waals surface area contributed by atoms with Crippen LogP contribution in [0.1, 0.15) is 25.6 Å². The zero-order valence-corrected chi connectivity index (χ0v) is 13.6. The lowest BCUT2D eigenvalue weighted by Gasteiger charge is -2.34. The van der Waals surface area contributed by atoms with Crippen LogP contribution in [0.5, 0.6) is 0 Å². The van der Waals surface area contributed by atoms with Crippen LogP contribution in [-0.4, -0.2) is 47.8 Å². The first-order valence-electron chi connectivity index (χ1n) is 7.44. The Bertz CT molecular complexity index is 736. The Kier molecular flexibility index (Phi) is 4.43. The summed E-state index contributed by atoms with van der Waals surface area (Å²) in [4.78, 5) is 29.0. The van der Waals surface area contributed by atoms with Crippen LogP contribution in [0.2, 0.25) is 0 Å². The average molecular weight is 332 g/mol. The number of hydrogen-bond acceptors (Lipinski definition) is 3. The maximum atomic E-state index is 13.2. The number of amides is 2. The van der Waals surface area contributed by atoms with Gasteiger partial charge in [0.15, 0.2) is 0 Å². The molecule has 0 spiro atoms. The van der Waals surface area contributed by atoms with E-state index in [1.54, 1.807) is 15.9 Å². The van der Waals surface area contributed by atoms with Gasteiger partial charge in [-0.25, -0.2) is 4.39 Å². The summed E-state index contributed by atoms with van der Waals surface area (Å²) in [6, 6.07) is 7.63. The number of thiophene rings is 1. The molecule has 2 heterocycles. The molecule has 1 aromatic carbocycles. The zero-order valence-electron chi connectivity index (χ0n) is 12.8. The fourth-order valence-corrected chi connectivity index (χ4v) is 3.54. The molecule has 1 aromatic heterocycles. The van der Waals surface area contributed by atoms with Gasteiger partial charge in [0, 0.05) is 31.7 Å². The molecule has 0 radical (unpaired) electrons. The molecule has 1 saturated heterocycles. The van der Waals surface area contributed by atoms with E-state index >= 15 is 0 Å². The number of rotatable bonds is 2. The normalized spacial score (nSPS) is 14.9. The van der Waals surface area contributed by atoms with Crippen LogP contribution in [0.4, 0.5) is 4.39 Å². The molecular formula is C17H17FN2O2S. The summed E-state index contributed by atoms with van der Waals surface area (Å²) < 4.78 is 13.2. The molecule has 0 unspecified atom stereocenters. The van der Waals surface area contributed by atoms with E-state index in [1.807, 2.05) is 18.4 Å². The Morgan fingerprint density at radius 2 is 1.70 bits per heavy atom. The van der Waals surface area contributed by atoms with Crippen LogP contribution in [0.25, 0.3) is 0 Å². The Morgan fingerprint density at radius 1 is 1.04 bits per heavy atom. The molecule has 3 rings (SSSR count). The Balaban J connectivity index is 1.63. The predicted octanol–water partition coefficient (Wildman–Crippen LogP) is 2.79. The van der Waals surface area contributed by atoms with Crippen molar-refractivity contribution in [2.75, 3.05) is 26.2 Å². The van der Waals surface area contributed by atoms with Crippen molar-refractivity contribution < 1.29 is 14.0 Å². The third kappa shape index (κ3) is 3.27. The third-order valence-electron chi connectivity index (χ3n) is 3.98. The van der Waals surface area contributed by atoms with E-state index in [0.717, 1.165) is 10.4 Å². The number of piperazine rings is 1. The molecule has 0 N–H and O–H groups in total. The van der Waals surface area contributed by atoms with Crippen LogP contribution >= 0.6 is 11.3 Å². The maximum absolute atomic E-state index is 13.2. The lowest BCUT2D eigenvalue weighted by molar-refractivity contribution is 0.0537. The van der Waals surface area contributed by atoms with Crippen LogP contribution < -0.4 is 0 Å². The molecule has 2 aromatic rings. The summed E-state index contributed by atoms with van der Waals surface area (Å²) in [6.07, 6.45) is 0. The maximum Gasteiger partial charge on any atom is 0.264 e. The lowest BCUT2D eigenvalue weighted by atomic mass is 10.1. The first kappa shape index (κ1) is 15.7. The molecule has 2 amide bonds. The summed E-state index contributed by atoms with van der Waals surface area (Å²) >= 11 is 1.44. The molecule has 120 valence electrons. The third-order valence-corrected chi connectivity index (χ3v) is 4.99. The first-order valence-corrected chi connectivity index (χ1v) is 8.32. The van der Waals surface area contributed by atoms with Gasteiger partial charge in [-0.2, -0.15) is 0 Å². The fourth-order valence-electron chi connectivity index (χ4n) is 2.65. The van der Waals surface area contributed by atoms with E-state index in [4.69, 9.17) is 0 Å². The van der Waals surface area contributed by atoms with Gasteiger partial charge in [-0.3, -0.25) is 9.59 Å². The van der Waals surface area contributed by atoms with Crippen molar-refractivity contribution in [3.8, 4) is 0 Å². The van der Waals surface area contributed by atoms with Crippen LogP contribution in [-0.2, 0) is 0 Å². The van der Waals surface area contributed by atoms with Gasteiger partial charge in [-0.05, 0) is 42.1 Å². The van der Waals surface area contributed by atoms with Crippen molar-refractivity contribution in [3.05, 3.63) is 57.5 Å². The molecule has 4 nitrogen and oxygen atoms in total. The van der Waals surface area contributed by atoms with Gasteiger partial charge in [-0.1, -0.05) is 6.07 Å². The molecule has 0 aliphatic carbocycles. The van der Waals surface area contributed by atoms with Crippen molar-refractivity contribution in [3.63, 3.8) is 0 Å². The molecule has 1 fully saturated rings. The van der Waals surface area contributed by atoms with Gasteiger partial charge in [0.1, 0.15) is 5.82 Å². The molecular weight excluding hydrogens is 315 g/mol. The molecule has 6 heteroatoms. The van der Waals surface area contributed by atoms with Gasteiger partial charge in [0.25, 0.3) is 11.8 Å². The Hall–Kier alpha value is -2.21. The fraction of sp³-hybridized carbons (Fsp3) is 0.294. The van der Waals surface area contributed by atoms with Gasteiger partial charge in [-0.15, -0.1) is 11.3 Å². The number of carbonyl (C=O) groups is 2. The minimum Gasteiger partial charge on any atom is -0.335 e. The molecule has 0 atom stereocenters. The first-order chi connectivity index (χ1) is 11.1. The number of aryl methyl sites for hydroxylation is 1. The van der Waals surface area contributed by atoms with Crippen molar-refractivity contribution >= 4 is 23.2 Å². The molecule has 23 heavy (non-hydrogen) atoms. The number of hydrogen-bond donors (Lipinski definition) is 0. The SMILES string of the molecule is Cc1ccsc1C(=O)N1CCN(C(=O)c2cccc(F)c2)CC1. The van der Waals surface area contributed by atoms with Crippen molar-refractivity contribution in [2.24, 2.45) is 0 Å². The summed E-state index contributed by atoms with van der Waals surface area (Å²) in [6.45, 7) is 3.85. The van der Waals surface area contributed by atoms with Gasteiger partial charge < -0.3 is 9.80 Å². The Labute approximate surface area is 138 Å². The number of benzene rings is 1. The lowest BCUT2D eigenvalue weighted by Crippen LogP contribution is -2.50. The second-order valence-electron chi connectivity index (χ2n) is 5.53. The largest absolute Gasteiger partial charge is 0.335 e. The summed E-state index contributed by atoms with van der Waals surface area (Å²) in [5, 5.41) is 1.91.